The van der Waals surface area contributed by atoms with E-state index in [1.807, 2.05) is 17.0 Å². The van der Waals surface area contributed by atoms with E-state index in [2.05, 4.69) is 15.9 Å². The predicted molar refractivity (Wildman–Crippen MR) is 64.8 cm³/mol. The Labute approximate surface area is 101 Å². The standard InChI is InChI=1S/C10H13BrN2OS/c11-8-4-3-7(15-8)9(12)10(14)13-5-1-2-6-13/h3-4,9H,1-2,5-6,12H2. The van der Waals surface area contributed by atoms with Gasteiger partial charge in [-0.2, -0.15) is 0 Å². The van der Waals surface area contributed by atoms with E-state index < -0.39 is 6.04 Å². The number of carbonyl (C=O) groups is 1. The van der Waals surface area contributed by atoms with Gasteiger partial charge in [-0.3, -0.25) is 4.79 Å². The van der Waals surface area contributed by atoms with E-state index in [0.717, 1.165) is 34.6 Å². The summed E-state index contributed by atoms with van der Waals surface area (Å²) in [6.45, 7) is 1.72. The van der Waals surface area contributed by atoms with Crippen LogP contribution in [0.4, 0.5) is 0 Å². The number of amides is 1. The maximum atomic E-state index is 11.9. The van der Waals surface area contributed by atoms with E-state index in [9.17, 15) is 4.79 Å². The maximum absolute atomic E-state index is 11.9. The van der Waals surface area contributed by atoms with Crippen LogP contribution in [0.25, 0.3) is 0 Å². The number of likely N-dealkylation sites (tertiary alicyclic amines) is 1. The predicted octanol–water partition coefficient (Wildman–Crippen LogP) is 2.13. The monoisotopic (exact) mass is 288 g/mol. The van der Waals surface area contributed by atoms with Crippen LogP contribution in [0.1, 0.15) is 23.8 Å². The Bertz CT molecular complexity index is 360. The lowest BCUT2D eigenvalue weighted by atomic mass is 10.2. The third-order valence-electron chi connectivity index (χ3n) is 2.58. The zero-order valence-corrected chi connectivity index (χ0v) is 10.7. The molecule has 1 unspecified atom stereocenters. The maximum Gasteiger partial charge on any atom is 0.244 e. The van der Waals surface area contributed by atoms with Crippen molar-refractivity contribution in [2.24, 2.45) is 5.73 Å². The molecule has 0 spiro atoms. The van der Waals surface area contributed by atoms with Gasteiger partial charge in [0.1, 0.15) is 6.04 Å². The quantitative estimate of drug-likeness (QED) is 0.906. The molecule has 1 saturated heterocycles. The van der Waals surface area contributed by atoms with Gasteiger partial charge in [-0.15, -0.1) is 11.3 Å². The minimum atomic E-state index is -0.487. The van der Waals surface area contributed by atoms with Crippen LogP contribution in [-0.2, 0) is 4.79 Å². The largest absolute Gasteiger partial charge is 0.341 e. The molecule has 1 aliphatic heterocycles. The molecule has 1 atom stereocenters. The van der Waals surface area contributed by atoms with Crippen molar-refractivity contribution >= 4 is 33.2 Å². The molecule has 0 radical (unpaired) electrons. The van der Waals surface area contributed by atoms with Gasteiger partial charge in [0.25, 0.3) is 0 Å². The molecule has 0 saturated carbocycles. The summed E-state index contributed by atoms with van der Waals surface area (Å²) in [5, 5.41) is 0. The third kappa shape index (κ3) is 2.41. The minimum Gasteiger partial charge on any atom is -0.341 e. The number of thiophene rings is 1. The van der Waals surface area contributed by atoms with Crippen molar-refractivity contribution in [2.45, 2.75) is 18.9 Å². The molecular weight excluding hydrogens is 276 g/mol. The molecule has 2 N–H and O–H groups in total. The highest BCUT2D eigenvalue weighted by atomic mass is 79.9. The average Bonchev–Trinajstić information content (AvgIpc) is 2.85. The van der Waals surface area contributed by atoms with Crippen molar-refractivity contribution in [1.82, 2.24) is 4.90 Å². The van der Waals surface area contributed by atoms with Gasteiger partial charge in [-0.25, -0.2) is 0 Å². The lowest BCUT2D eigenvalue weighted by Gasteiger charge is -2.19. The van der Waals surface area contributed by atoms with E-state index in [1.165, 1.54) is 11.3 Å². The van der Waals surface area contributed by atoms with E-state index in [4.69, 9.17) is 5.73 Å². The van der Waals surface area contributed by atoms with Crippen molar-refractivity contribution in [3.05, 3.63) is 20.8 Å². The van der Waals surface area contributed by atoms with Crippen molar-refractivity contribution in [1.29, 1.82) is 0 Å². The molecule has 2 heterocycles. The van der Waals surface area contributed by atoms with E-state index >= 15 is 0 Å². The van der Waals surface area contributed by atoms with E-state index in [1.54, 1.807) is 0 Å². The first-order valence-corrected chi connectivity index (χ1v) is 6.59. The summed E-state index contributed by atoms with van der Waals surface area (Å²) in [5.41, 5.74) is 5.93. The first kappa shape index (κ1) is 11.1. The van der Waals surface area contributed by atoms with Crippen molar-refractivity contribution in [2.75, 3.05) is 13.1 Å². The van der Waals surface area contributed by atoms with E-state index in [0.29, 0.717) is 0 Å². The Balaban J connectivity index is 2.06. The van der Waals surface area contributed by atoms with Crippen molar-refractivity contribution in [3.63, 3.8) is 0 Å². The lowest BCUT2D eigenvalue weighted by molar-refractivity contribution is -0.131. The summed E-state index contributed by atoms with van der Waals surface area (Å²) < 4.78 is 1.02. The second-order valence-corrected chi connectivity index (χ2v) is 6.15. The second-order valence-electron chi connectivity index (χ2n) is 3.65. The highest BCUT2D eigenvalue weighted by molar-refractivity contribution is 9.11. The molecular formula is C10H13BrN2OS. The SMILES string of the molecule is NC(C(=O)N1CCCC1)c1ccc(Br)s1. The summed E-state index contributed by atoms with van der Waals surface area (Å²) in [4.78, 5) is 14.7. The number of nitrogens with two attached hydrogens (primary N) is 1. The van der Waals surface area contributed by atoms with Gasteiger partial charge in [0.15, 0.2) is 0 Å². The summed E-state index contributed by atoms with van der Waals surface area (Å²) in [6.07, 6.45) is 2.21. The number of carbonyl (C=O) groups excluding carboxylic acids is 1. The van der Waals surface area contributed by atoms with Crippen LogP contribution in [0.15, 0.2) is 15.9 Å². The van der Waals surface area contributed by atoms with Crippen LogP contribution >= 0.6 is 27.3 Å². The van der Waals surface area contributed by atoms with Crippen LogP contribution < -0.4 is 5.73 Å². The number of nitrogens with zero attached hydrogens (tertiary/aromatic N) is 1. The van der Waals surface area contributed by atoms with Gasteiger partial charge >= 0.3 is 0 Å². The Kier molecular flexibility index (Phi) is 3.43. The molecule has 1 aromatic rings. The zero-order chi connectivity index (χ0) is 10.8. The molecule has 0 bridgehead atoms. The topological polar surface area (TPSA) is 46.3 Å². The van der Waals surface area contributed by atoms with Crippen molar-refractivity contribution in [3.8, 4) is 0 Å². The summed E-state index contributed by atoms with van der Waals surface area (Å²) >= 11 is 4.90. The number of hydrogen-bond donors (Lipinski definition) is 1. The molecule has 1 fully saturated rings. The molecule has 2 rings (SSSR count). The molecule has 82 valence electrons. The normalized spacial score (nSPS) is 18.1. The first-order valence-electron chi connectivity index (χ1n) is 4.98. The number of rotatable bonds is 2. The van der Waals surface area contributed by atoms with Gasteiger partial charge in [0, 0.05) is 18.0 Å². The number of hydrogen-bond acceptors (Lipinski definition) is 3. The van der Waals surface area contributed by atoms with Crippen LogP contribution in [0, 0.1) is 0 Å². The minimum absolute atomic E-state index is 0.0573. The number of halogens is 1. The molecule has 1 amide bonds. The Morgan fingerprint density at radius 2 is 2.13 bits per heavy atom. The van der Waals surface area contributed by atoms with Gasteiger partial charge in [0.05, 0.1) is 3.79 Å². The van der Waals surface area contributed by atoms with Gasteiger partial charge < -0.3 is 10.6 Å². The molecule has 3 nitrogen and oxygen atoms in total. The van der Waals surface area contributed by atoms with Crippen LogP contribution in [-0.4, -0.2) is 23.9 Å². The lowest BCUT2D eigenvalue weighted by Crippen LogP contribution is -2.36. The van der Waals surface area contributed by atoms with Gasteiger partial charge in [-0.05, 0) is 40.9 Å². The van der Waals surface area contributed by atoms with Gasteiger partial charge in [-0.1, -0.05) is 0 Å². The highest BCUT2D eigenvalue weighted by Crippen LogP contribution is 2.27. The summed E-state index contributed by atoms with van der Waals surface area (Å²) in [6, 6.07) is 3.35. The van der Waals surface area contributed by atoms with Crippen LogP contribution in [0.5, 0.6) is 0 Å². The molecule has 15 heavy (non-hydrogen) atoms. The summed E-state index contributed by atoms with van der Waals surface area (Å²) in [5.74, 6) is 0.0573. The summed E-state index contributed by atoms with van der Waals surface area (Å²) in [7, 11) is 0. The fraction of sp³-hybridized carbons (Fsp3) is 0.500. The van der Waals surface area contributed by atoms with Crippen LogP contribution in [0.3, 0.4) is 0 Å². The second kappa shape index (κ2) is 4.63. The van der Waals surface area contributed by atoms with Crippen molar-refractivity contribution < 1.29 is 4.79 Å². The van der Waals surface area contributed by atoms with Gasteiger partial charge in [0.2, 0.25) is 5.91 Å². The van der Waals surface area contributed by atoms with Crippen LogP contribution in [0.2, 0.25) is 0 Å². The Morgan fingerprint density at radius 1 is 1.47 bits per heavy atom. The molecule has 1 aliphatic rings. The fourth-order valence-electron chi connectivity index (χ4n) is 1.75. The smallest absolute Gasteiger partial charge is 0.244 e. The zero-order valence-electron chi connectivity index (χ0n) is 8.28. The Morgan fingerprint density at radius 3 is 2.67 bits per heavy atom. The average molecular weight is 289 g/mol. The molecule has 0 aliphatic carbocycles. The fourth-order valence-corrected chi connectivity index (χ4v) is 3.17. The molecule has 0 aromatic carbocycles. The molecule has 5 heteroatoms. The third-order valence-corrected chi connectivity index (χ3v) is 4.29. The van der Waals surface area contributed by atoms with E-state index in [-0.39, 0.29) is 5.91 Å². The highest BCUT2D eigenvalue weighted by Gasteiger charge is 2.25. The Hall–Kier alpha value is -0.390. The molecule has 1 aromatic heterocycles. The first-order chi connectivity index (χ1) is 7.18.